The normalized spacial score (nSPS) is 19.0. The van der Waals surface area contributed by atoms with E-state index in [0.29, 0.717) is 12.2 Å². The molecule has 0 saturated carbocycles. The van der Waals surface area contributed by atoms with Crippen LogP contribution < -0.4 is 4.74 Å². The summed E-state index contributed by atoms with van der Waals surface area (Å²) in [6, 6.07) is 7.15. The van der Waals surface area contributed by atoms with Gasteiger partial charge in [0.15, 0.2) is 17.3 Å². The Morgan fingerprint density at radius 2 is 1.85 bits per heavy atom. The zero-order valence-corrected chi connectivity index (χ0v) is 15.6. The molecule has 0 radical (unpaired) electrons. The Morgan fingerprint density at radius 1 is 1.15 bits per heavy atom. The number of aliphatic hydroxyl groups is 1. The van der Waals surface area contributed by atoms with Gasteiger partial charge in [-0.25, -0.2) is 0 Å². The molecule has 6 heteroatoms. The van der Waals surface area contributed by atoms with Crippen LogP contribution in [0, 0.1) is 5.92 Å². The number of Topliss-reactive ketones (excluding diaryl/α,β-unsaturated/α-hetero) is 1. The SMILES string of the molecule is COc1c(O)ccc2c1CC(C(C)(C)O)C2CC(=O)c1ccc(O)cc1O. The first-order chi connectivity index (χ1) is 12.6. The van der Waals surface area contributed by atoms with E-state index in [1.54, 1.807) is 19.9 Å². The lowest BCUT2D eigenvalue weighted by Crippen LogP contribution is -2.34. The number of benzene rings is 2. The predicted molar refractivity (Wildman–Crippen MR) is 99.6 cm³/mol. The molecule has 0 spiro atoms. The highest BCUT2D eigenvalue weighted by atomic mass is 16.5. The lowest BCUT2D eigenvalue weighted by atomic mass is 9.78. The standard InChI is InChI=1S/C21H24O6/c1-21(2,26)16-9-15-12(6-7-17(23)20(15)27-3)14(16)10-19(25)13-5-4-11(22)8-18(13)24/h4-8,14,16,22-24,26H,9-10H2,1-3H3. The van der Waals surface area contributed by atoms with Crippen molar-refractivity contribution < 1.29 is 30.0 Å². The molecule has 0 aliphatic heterocycles. The van der Waals surface area contributed by atoms with Gasteiger partial charge in [-0.15, -0.1) is 0 Å². The van der Waals surface area contributed by atoms with Crippen LogP contribution in [0.4, 0.5) is 0 Å². The molecule has 0 saturated heterocycles. The summed E-state index contributed by atoms with van der Waals surface area (Å²) in [5.41, 5.74) is 0.712. The second-order valence-electron chi connectivity index (χ2n) is 7.59. The van der Waals surface area contributed by atoms with Gasteiger partial charge in [0.05, 0.1) is 18.3 Å². The summed E-state index contributed by atoms with van der Waals surface area (Å²) in [7, 11) is 1.47. The minimum Gasteiger partial charge on any atom is -0.508 e. The summed E-state index contributed by atoms with van der Waals surface area (Å²) in [5, 5.41) is 40.1. The van der Waals surface area contributed by atoms with Gasteiger partial charge in [0.1, 0.15) is 11.5 Å². The minimum atomic E-state index is -1.05. The van der Waals surface area contributed by atoms with Crippen LogP contribution in [0.2, 0.25) is 0 Å². The highest BCUT2D eigenvalue weighted by Gasteiger charge is 2.43. The van der Waals surface area contributed by atoms with Crippen molar-refractivity contribution in [2.75, 3.05) is 7.11 Å². The summed E-state index contributed by atoms with van der Waals surface area (Å²) in [6.07, 6.45) is 0.545. The molecule has 2 unspecified atom stereocenters. The number of methoxy groups -OCH3 is 1. The third-order valence-corrected chi connectivity index (χ3v) is 5.38. The Labute approximate surface area is 157 Å². The summed E-state index contributed by atoms with van der Waals surface area (Å²) >= 11 is 0. The molecule has 0 bridgehead atoms. The van der Waals surface area contributed by atoms with E-state index in [0.717, 1.165) is 17.2 Å². The van der Waals surface area contributed by atoms with Crippen molar-refractivity contribution >= 4 is 5.78 Å². The molecule has 144 valence electrons. The van der Waals surface area contributed by atoms with Crippen LogP contribution in [0.1, 0.15) is 47.7 Å². The maximum absolute atomic E-state index is 12.8. The van der Waals surface area contributed by atoms with Crippen molar-refractivity contribution in [2.24, 2.45) is 5.92 Å². The van der Waals surface area contributed by atoms with Gasteiger partial charge in [0.25, 0.3) is 0 Å². The Bertz CT molecular complexity index is 881. The summed E-state index contributed by atoms with van der Waals surface area (Å²) in [5.74, 6) is -0.850. The number of rotatable bonds is 5. The van der Waals surface area contributed by atoms with Gasteiger partial charge in [0, 0.05) is 18.1 Å². The fourth-order valence-corrected chi connectivity index (χ4v) is 4.06. The number of fused-ring (bicyclic) bond motifs is 1. The molecular formula is C21H24O6. The quantitative estimate of drug-likeness (QED) is 0.601. The second-order valence-corrected chi connectivity index (χ2v) is 7.59. The summed E-state index contributed by atoms with van der Waals surface area (Å²) < 4.78 is 5.33. The average molecular weight is 372 g/mol. The second kappa shape index (κ2) is 6.78. The van der Waals surface area contributed by atoms with Crippen molar-refractivity contribution in [3.8, 4) is 23.0 Å². The van der Waals surface area contributed by atoms with Gasteiger partial charge in [-0.3, -0.25) is 4.79 Å². The Hall–Kier alpha value is -2.73. The third-order valence-electron chi connectivity index (χ3n) is 5.38. The number of phenols is 3. The molecule has 4 N–H and O–H groups in total. The first kappa shape index (κ1) is 19.0. The minimum absolute atomic E-state index is 0.0221. The number of carbonyl (C=O) groups is 1. The van der Waals surface area contributed by atoms with Crippen molar-refractivity contribution in [3.63, 3.8) is 0 Å². The van der Waals surface area contributed by atoms with Crippen molar-refractivity contribution in [3.05, 3.63) is 47.0 Å². The van der Waals surface area contributed by atoms with E-state index in [4.69, 9.17) is 4.74 Å². The first-order valence-corrected chi connectivity index (χ1v) is 8.79. The highest BCUT2D eigenvalue weighted by Crippen LogP contribution is 2.50. The fraction of sp³-hybridized carbons (Fsp3) is 0.381. The molecule has 0 amide bonds. The lowest BCUT2D eigenvalue weighted by molar-refractivity contribution is 0.00913. The van der Waals surface area contributed by atoms with Crippen molar-refractivity contribution in [2.45, 2.75) is 38.2 Å². The van der Waals surface area contributed by atoms with E-state index in [2.05, 4.69) is 0 Å². The van der Waals surface area contributed by atoms with Gasteiger partial charge < -0.3 is 25.2 Å². The molecule has 0 heterocycles. The maximum Gasteiger partial charge on any atom is 0.167 e. The molecular weight excluding hydrogens is 348 g/mol. The zero-order valence-electron chi connectivity index (χ0n) is 15.6. The van der Waals surface area contributed by atoms with Crippen LogP contribution in [0.3, 0.4) is 0 Å². The molecule has 2 atom stereocenters. The summed E-state index contributed by atoms with van der Waals surface area (Å²) in [6.45, 7) is 3.40. The smallest absolute Gasteiger partial charge is 0.167 e. The van der Waals surface area contributed by atoms with E-state index < -0.39 is 5.60 Å². The first-order valence-electron chi connectivity index (χ1n) is 8.79. The van der Waals surface area contributed by atoms with E-state index in [1.165, 1.54) is 25.3 Å². The third kappa shape index (κ3) is 3.45. The van der Waals surface area contributed by atoms with Crippen LogP contribution in [0.15, 0.2) is 30.3 Å². The Morgan fingerprint density at radius 3 is 2.44 bits per heavy atom. The Balaban J connectivity index is 2.00. The zero-order chi connectivity index (χ0) is 19.9. The van der Waals surface area contributed by atoms with Gasteiger partial charge in [-0.1, -0.05) is 6.07 Å². The monoisotopic (exact) mass is 372 g/mol. The number of aromatic hydroxyl groups is 3. The van der Waals surface area contributed by atoms with Crippen LogP contribution >= 0.6 is 0 Å². The molecule has 1 aliphatic rings. The van der Waals surface area contributed by atoms with E-state index >= 15 is 0 Å². The maximum atomic E-state index is 12.8. The number of phenolic OH excluding ortho intramolecular Hbond substituents is 3. The van der Waals surface area contributed by atoms with Gasteiger partial charge in [0.2, 0.25) is 0 Å². The number of hydrogen-bond acceptors (Lipinski definition) is 6. The molecule has 27 heavy (non-hydrogen) atoms. The molecule has 2 aromatic carbocycles. The van der Waals surface area contributed by atoms with Crippen LogP contribution in [-0.2, 0) is 6.42 Å². The topological polar surface area (TPSA) is 107 Å². The van der Waals surface area contributed by atoms with E-state index in [-0.39, 0.29) is 46.9 Å². The van der Waals surface area contributed by atoms with Crippen LogP contribution in [-0.4, -0.2) is 38.9 Å². The van der Waals surface area contributed by atoms with E-state index in [1.807, 2.05) is 0 Å². The number of carbonyl (C=O) groups excluding carboxylic acids is 1. The highest BCUT2D eigenvalue weighted by molar-refractivity contribution is 5.99. The number of ether oxygens (including phenoxy) is 1. The van der Waals surface area contributed by atoms with Crippen molar-refractivity contribution in [1.82, 2.24) is 0 Å². The largest absolute Gasteiger partial charge is 0.508 e. The molecule has 0 fully saturated rings. The number of ketones is 1. The predicted octanol–water partition coefficient (Wildman–Crippen LogP) is 3.11. The summed E-state index contributed by atoms with van der Waals surface area (Å²) in [4.78, 5) is 12.8. The van der Waals surface area contributed by atoms with Gasteiger partial charge in [-0.05, 0) is 55.9 Å². The van der Waals surface area contributed by atoms with E-state index in [9.17, 15) is 25.2 Å². The van der Waals surface area contributed by atoms with Gasteiger partial charge >= 0.3 is 0 Å². The molecule has 1 aliphatic carbocycles. The molecule has 6 nitrogen and oxygen atoms in total. The van der Waals surface area contributed by atoms with Crippen LogP contribution in [0.25, 0.3) is 0 Å². The fourth-order valence-electron chi connectivity index (χ4n) is 4.06. The Kier molecular flexibility index (Phi) is 4.78. The van der Waals surface area contributed by atoms with Crippen molar-refractivity contribution in [1.29, 1.82) is 0 Å². The molecule has 0 aromatic heterocycles. The average Bonchev–Trinajstić information content (AvgIpc) is 2.93. The molecule has 3 rings (SSSR count). The lowest BCUT2D eigenvalue weighted by Gasteiger charge is -2.31. The number of hydrogen-bond donors (Lipinski definition) is 4. The van der Waals surface area contributed by atoms with Gasteiger partial charge in [-0.2, -0.15) is 0 Å². The van der Waals surface area contributed by atoms with Crippen LogP contribution in [0.5, 0.6) is 23.0 Å². The molecule has 2 aromatic rings.